The minimum atomic E-state index is -0.724. The summed E-state index contributed by atoms with van der Waals surface area (Å²) in [6, 6.07) is 5.46. The molecule has 0 spiro atoms. The zero-order valence-electron chi connectivity index (χ0n) is 14.3. The number of rotatable bonds is 5. The summed E-state index contributed by atoms with van der Waals surface area (Å²) in [5.74, 6) is -0.610. The van der Waals surface area contributed by atoms with Crippen LogP contribution in [0.2, 0.25) is 0 Å². The molecule has 24 heavy (non-hydrogen) atoms. The Kier molecular flexibility index (Phi) is 4.58. The van der Waals surface area contributed by atoms with Gasteiger partial charge in [0.2, 0.25) is 0 Å². The van der Waals surface area contributed by atoms with Gasteiger partial charge in [-0.25, -0.2) is 8.78 Å². The van der Waals surface area contributed by atoms with Crippen LogP contribution in [-0.4, -0.2) is 61.8 Å². The fourth-order valence-corrected chi connectivity index (χ4v) is 5.28. The van der Waals surface area contributed by atoms with E-state index in [1.807, 2.05) is 0 Å². The topological polar surface area (TPSA) is 15.7 Å². The normalized spacial score (nSPS) is 35.4. The molecular weight excluding hydrogens is 310 g/mol. The third-order valence-electron chi connectivity index (χ3n) is 6.27. The lowest BCUT2D eigenvalue weighted by atomic mass is 9.75. The van der Waals surface area contributed by atoms with E-state index >= 15 is 0 Å². The van der Waals surface area contributed by atoms with Crippen LogP contribution in [-0.2, 0) is 4.74 Å². The Morgan fingerprint density at radius 3 is 2.71 bits per heavy atom. The summed E-state index contributed by atoms with van der Waals surface area (Å²) in [6.07, 6.45) is 3.46. The molecule has 3 atom stereocenters. The minimum absolute atomic E-state index is 0.0661. The second-order valence-corrected chi connectivity index (χ2v) is 7.45. The molecule has 1 aromatic carbocycles. The standard InChI is InChI=1S/C19H26F2N2O/c1-24-11-3-8-23-12-15(14-4-2-5-16(20)17(14)21)19-18(23)13-6-9-22(19)10-7-13/h2,4-5,13,15,18-19H,3,6-12H2,1H3/t15-,18+,19+/m0/s1. The van der Waals surface area contributed by atoms with Crippen molar-refractivity contribution >= 4 is 0 Å². The molecule has 0 aromatic heterocycles. The summed E-state index contributed by atoms with van der Waals surface area (Å²) < 4.78 is 33.4. The van der Waals surface area contributed by atoms with E-state index in [4.69, 9.17) is 4.74 Å². The van der Waals surface area contributed by atoms with E-state index in [-0.39, 0.29) is 5.92 Å². The Morgan fingerprint density at radius 1 is 1.17 bits per heavy atom. The van der Waals surface area contributed by atoms with Gasteiger partial charge < -0.3 is 4.74 Å². The second kappa shape index (κ2) is 6.70. The van der Waals surface area contributed by atoms with Gasteiger partial charge in [-0.3, -0.25) is 9.80 Å². The number of benzene rings is 1. The summed E-state index contributed by atoms with van der Waals surface area (Å²) in [6.45, 7) is 4.76. The molecule has 0 amide bonds. The van der Waals surface area contributed by atoms with Crippen LogP contribution in [0.3, 0.4) is 0 Å². The molecule has 4 aliphatic heterocycles. The number of likely N-dealkylation sites (tertiary alicyclic amines) is 1. The molecule has 0 unspecified atom stereocenters. The highest BCUT2D eigenvalue weighted by Gasteiger charge is 2.53. The van der Waals surface area contributed by atoms with Gasteiger partial charge in [-0.05, 0) is 49.9 Å². The number of halogens is 2. The molecule has 0 saturated carbocycles. The molecule has 3 nitrogen and oxygen atoms in total. The Balaban J connectivity index is 1.63. The third kappa shape index (κ3) is 2.67. The molecule has 1 aromatic rings. The first-order valence-electron chi connectivity index (χ1n) is 9.11. The third-order valence-corrected chi connectivity index (χ3v) is 6.27. The SMILES string of the molecule is COCCCN1C[C@@H](c2cccc(F)c2F)[C@@H]2[C@H]1C1CCN2CC1. The van der Waals surface area contributed by atoms with Gasteiger partial charge in [-0.15, -0.1) is 0 Å². The molecule has 0 N–H and O–H groups in total. The number of fused-ring (bicyclic) bond motifs is 2. The van der Waals surface area contributed by atoms with Gasteiger partial charge in [0.05, 0.1) is 0 Å². The highest BCUT2D eigenvalue weighted by molar-refractivity contribution is 5.29. The van der Waals surface area contributed by atoms with Gasteiger partial charge >= 0.3 is 0 Å². The molecule has 4 fully saturated rings. The predicted molar refractivity (Wildman–Crippen MR) is 89.0 cm³/mol. The van der Waals surface area contributed by atoms with Gasteiger partial charge in [-0.1, -0.05) is 12.1 Å². The van der Waals surface area contributed by atoms with Crippen molar-refractivity contribution in [2.75, 3.05) is 39.9 Å². The van der Waals surface area contributed by atoms with Crippen molar-refractivity contribution in [3.63, 3.8) is 0 Å². The van der Waals surface area contributed by atoms with Crippen molar-refractivity contribution in [3.8, 4) is 0 Å². The van der Waals surface area contributed by atoms with Crippen LogP contribution in [0.1, 0.15) is 30.7 Å². The van der Waals surface area contributed by atoms with E-state index in [1.165, 1.54) is 18.9 Å². The number of piperidine rings is 3. The number of methoxy groups -OCH3 is 1. The summed E-state index contributed by atoms with van der Waals surface area (Å²) in [5.41, 5.74) is 0.562. The van der Waals surface area contributed by atoms with Crippen molar-refractivity contribution in [2.45, 2.75) is 37.3 Å². The summed E-state index contributed by atoms with van der Waals surface area (Å²) in [4.78, 5) is 5.05. The van der Waals surface area contributed by atoms with Gasteiger partial charge in [-0.2, -0.15) is 0 Å². The molecular formula is C19H26F2N2O. The molecule has 132 valence electrons. The minimum Gasteiger partial charge on any atom is -0.385 e. The first kappa shape index (κ1) is 16.4. The van der Waals surface area contributed by atoms with Crippen molar-refractivity contribution in [2.24, 2.45) is 5.92 Å². The maximum absolute atomic E-state index is 14.5. The lowest BCUT2D eigenvalue weighted by Gasteiger charge is -2.51. The Labute approximate surface area is 142 Å². The highest BCUT2D eigenvalue weighted by atomic mass is 19.2. The number of nitrogens with zero attached hydrogens (tertiary/aromatic N) is 2. The Bertz CT molecular complexity index is 589. The molecule has 5 heteroatoms. The maximum atomic E-state index is 14.5. The van der Waals surface area contributed by atoms with Crippen LogP contribution >= 0.6 is 0 Å². The monoisotopic (exact) mass is 336 g/mol. The van der Waals surface area contributed by atoms with Crippen molar-refractivity contribution in [3.05, 3.63) is 35.4 Å². The van der Waals surface area contributed by atoms with Crippen molar-refractivity contribution < 1.29 is 13.5 Å². The lowest BCUT2D eigenvalue weighted by Crippen LogP contribution is -2.60. The van der Waals surface area contributed by atoms with Gasteiger partial charge in [0.1, 0.15) is 0 Å². The molecule has 4 saturated heterocycles. The van der Waals surface area contributed by atoms with E-state index < -0.39 is 11.6 Å². The van der Waals surface area contributed by atoms with E-state index in [2.05, 4.69) is 9.80 Å². The first-order valence-corrected chi connectivity index (χ1v) is 9.11. The number of ether oxygens (including phenoxy) is 1. The van der Waals surface area contributed by atoms with Crippen LogP contribution in [0.15, 0.2) is 18.2 Å². The molecule has 0 aliphatic carbocycles. The van der Waals surface area contributed by atoms with Crippen molar-refractivity contribution in [1.29, 1.82) is 0 Å². The molecule has 0 radical (unpaired) electrons. The van der Waals surface area contributed by atoms with Crippen molar-refractivity contribution in [1.82, 2.24) is 9.80 Å². The fraction of sp³-hybridized carbons (Fsp3) is 0.684. The van der Waals surface area contributed by atoms with Gasteiger partial charge in [0, 0.05) is 44.8 Å². The molecule has 4 aliphatic rings. The molecule has 4 heterocycles. The van der Waals surface area contributed by atoms with Gasteiger partial charge in [0.25, 0.3) is 0 Å². The van der Waals surface area contributed by atoms with Crippen LogP contribution in [0.4, 0.5) is 8.78 Å². The summed E-state index contributed by atoms with van der Waals surface area (Å²) in [5, 5.41) is 0. The zero-order chi connectivity index (χ0) is 16.7. The van der Waals surface area contributed by atoms with E-state index in [1.54, 1.807) is 19.2 Å². The predicted octanol–water partition coefficient (Wildman–Crippen LogP) is 2.86. The van der Waals surface area contributed by atoms with Crippen LogP contribution in [0, 0.1) is 17.6 Å². The smallest absolute Gasteiger partial charge is 0.162 e. The van der Waals surface area contributed by atoms with E-state index in [0.29, 0.717) is 23.6 Å². The number of hydrogen-bond donors (Lipinski definition) is 0. The van der Waals surface area contributed by atoms with Crippen LogP contribution in [0.5, 0.6) is 0 Å². The lowest BCUT2D eigenvalue weighted by molar-refractivity contribution is -0.00822. The van der Waals surface area contributed by atoms with Gasteiger partial charge in [0.15, 0.2) is 11.6 Å². The van der Waals surface area contributed by atoms with E-state index in [9.17, 15) is 8.78 Å². The summed E-state index contributed by atoms with van der Waals surface area (Å²) in [7, 11) is 1.73. The Hall–Kier alpha value is -1.04. The maximum Gasteiger partial charge on any atom is 0.162 e. The zero-order valence-corrected chi connectivity index (χ0v) is 14.3. The highest BCUT2D eigenvalue weighted by Crippen LogP contribution is 2.47. The second-order valence-electron chi connectivity index (χ2n) is 7.45. The van der Waals surface area contributed by atoms with Crippen LogP contribution < -0.4 is 0 Å². The largest absolute Gasteiger partial charge is 0.385 e. The first-order chi connectivity index (χ1) is 11.7. The number of hydrogen-bond acceptors (Lipinski definition) is 3. The molecule has 5 rings (SSSR count). The molecule has 2 bridgehead atoms. The van der Waals surface area contributed by atoms with Crippen LogP contribution in [0.25, 0.3) is 0 Å². The quantitative estimate of drug-likeness (QED) is 0.769. The van der Waals surface area contributed by atoms with E-state index in [0.717, 1.165) is 39.2 Å². The fourth-order valence-electron chi connectivity index (χ4n) is 5.28. The average molecular weight is 336 g/mol. The summed E-state index contributed by atoms with van der Waals surface area (Å²) >= 11 is 0. The average Bonchev–Trinajstić information content (AvgIpc) is 3.00. The Morgan fingerprint density at radius 2 is 1.96 bits per heavy atom.